The molecule has 0 amide bonds. The Labute approximate surface area is 154 Å². The number of hydrogen-bond donors (Lipinski definition) is 0. The summed E-state index contributed by atoms with van der Waals surface area (Å²) in [5.74, 6) is -0.859. The van der Waals surface area contributed by atoms with Crippen LogP contribution in [0.5, 0.6) is 0 Å². The largest absolute Gasteiger partial charge is 0.343 e. The molecule has 0 fully saturated rings. The summed E-state index contributed by atoms with van der Waals surface area (Å²) in [6, 6.07) is 5.32. The molecule has 0 aliphatic rings. The van der Waals surface area contributed by atoms with Crippen LogP contribution in [0.3, 0.4) is 0 Å². The Morgan fingerprint density at radius 2 is 1.65 bits per heavy atom. The van der Waals surface area contributed by atoms with Gasteiger partial charge in [0.15, 0.2) is 5.78 Å². The van der Waals surface area contributed by atoms with Gasteiger partial charge in [-0.3, -0.25) is 13.9 Å². The summed E-state index contributed by atoms with van der Waals surface area (Å²) in [6.45, 7) is 6.75. The predicted molar refractivity (Wildman–Crippen MR) is 99.8 cm³/mol. The molecule has 1 rings (SSSR count). The maximum atomic E-state index is 13.3. The SMILES string of the molecule is CCOP(C)(=O)C(CCC(=O)c1cccc(F)c1)P(=O)(OCC)OCC. The number of Topliss-reactive ketones (excluding diaryl/α,β-unsaturated/α-hetero) is 1. The minimum Gasteiger partial charge on any atom is -0.328 e. The molecule has 6 nitrogen and oxygen atoms in total. The van der Waals surface area contributed by atoms with Crippen molar-refractivity contribution in [3.63, 3.8) is 0 Å². The van der Waals surface area contributed by atoms with Gasteiger partial charge in [0.05, 0.1) is 19.8 Å². The quantitative estimate of drug-likeness (QED) is 0.344. The van der Waals surface area contributed by atoms with Crippen molar-refractivity contribution in [2.45, 2.75) is 39.0 Å². The summed E-state index contributed by atoms with van der Waals surface area (Å²) < 4.78 is 55.5. The van der Waals surface area contributed by atoms with E-state index in [2.05, 4.69) is 0 Å². The Balaban J connectivity index is 3.07. The third-order valence-electron chi connectivity index (χ3n) is 3.69. The molecule has 0 aliphatic carbocycles. The first kappa shape index (κ1) is 23.2. The molecule has 2 unspecified atom stereocenters. The van der Waals surface area contributed by atoms with Crippen molar-refractivity contribution in [3.8, 4) is 0 Å². The van der Waals surface area contributed by atoms with E-state index in [0.29, 0.717) is 0 Å². The molecule has 0 N–H and O–H groups in total. The molecule has 0 saturated heterocycles. The van der Waals surface area contributed by atoms with Gasteiger partial charge in [-0.25, -0.2) is 4.39 Å². The van der Waals surface area contributed by atoms with E-state index in [1.807, 2.05) is 0 Å². The van der Waals surface area contributed by atoms with Crippen molar-refractivity contribution < 1.29 is 31.9 Å². The lowest BCUT2D eigenvalue weighted by Crippen LogP contribution is -2.17. The van der Waals surface area contributed by atoms with Gasteiger partial charge in [0.2, 0.25) is 7.37 Å². The number of hydrogen-bond acceptors (Lipinski definition) is 6. The van der Waals surface area contributed by atoms with E-state index >= 15 is 0 Å². The number of rotatable bonds is 12. The molecule has 1 aromatic carbocycles. The second kappa shape index (κ2) is 10.5. The molecule has 0 aliphatic heterocycles. The van der Waals surface area contributed by atoms with Crippen LogP contribution in [-0.4, -0.2) is 37.7 Å². The first-order chi connectivity index (χ1) is 12.2. The van der Waals surface area contributed by atoms with Gasteiger partial charge >= 0.3 is 7.60 Å². The van der Waals surface area contributed by atoms with Gasteiger partial charge in [0.25, 0.3) is 0 Å². The minimum absolute atomic E-state index is 0.0135. The molecular weight excluding hydrogens is 381 g/mol. The van der Waals surface area contributed by atoms with Crippen LogP contribution in [0.2, 0.25) is 0 Å². The average Bonchev–Trinajstić information content (AvgIpc) is 2.54. The Hall–Kier alpha value is -0.840. The average molecular weight is 408 g/mol. The molecule has 0 bridgehead atoms. The van der Waals surface area contributed by atoms with Gasteiger partial charge in [0.1, 0.15) is 11.2 Å². The summed E-state index contributed by atoms with van der Waals surface area (Å²) in [4.78, 5) is 12.4. The fourth-order valence-corrected chi connectivity index (χ4v) is 8.15. The number of carbonyl (C=O) groups is 1. The summed E-state index contributed by atoms with van der Waals surface area (Å²) in [6.07, 6.45) is -0.0937. The molecule has 0 heterocycles. The highest BCUT2D eigenvalue weighted by atomic mass is 31.2. The molecule has 1 aromatic rings. The Morgan fingerprint density at radius 3 is 2.15 bits per heavy atom. The summed E-state index contributed by atoms with van der Waals surface area (Å²) >= 11 is 0. The third-order valence-corrected chi connectivity index (χ3v) is 10.1. The predicted octanol–water partition coefficient (Wildman–Crippen LogP) is 5.33. The summed E-state index contributed by atoms with van der Waals surface area (Å²) in [5.41, 5.74) is 0.203. The summed E-state index contributed by atoms with van der Waals surface area (Å²) in [5, 5.41) is -1.06. The molecule has 0 spiro atoms. The van der Waals surface area contributed by atoms with Crippen LogP contribution in [-0.2, 0) is 22.7 Å². The highest BCUT2D eigenvalue weighted by Gasteiger charge is 2.46. The standard InChI is InChI=1S/C17H27FO6P2/c1-5-22-25(4,20)17(26(21,23-6-2)24-7-3)12-11-16(19)14-9-8-10-15(18)13-14/h8-10,13,17H,5-7,11-12H2,1-4H3. The second-order valence-corrected chi connectivity index (χ2v) is 11.0. The molecular formula is C17H27FO6P2. The molecule has 0 radical (unpaired) electrons. The van der Waals surface area contributed by atoms with Crippen molar-refractivity contribution in [1.29, 1.82) is 0 Å². The van der Waals surface area contributed by atoms with Crippen LogP contribution >= 0.6 is 15.0 Å². The van der Waals surface area contributed by atoms with E-state index < -0.39 is 26.2 Å². The van der Waals surface area contributed by atoms with Gasteiger partial charge < -0.3 is 13.6 Å². The number of ketones is 1. The van der Waals surface area contributed by atoms with Gasteiger partial charge in [0, 0.05) is 18.6 Å². The summed E-state index contributed by atoms with van der Waals surface area (Å²) in [7, 11) is -7.13. The lowest BCUT2D eigenvalue weighted by molar-refractivity contribution is 0.0980. The molecule has 9 heteroatoms. The molecule has 2 atom stereocenters. The van der Waals surface area contributed by atoms with Crippen LogP contribution in [0.1, 0.15) is 44.0 Å². The maximum absolute atomic E-state index is 13.3. The fourth-order valence-electron chi connectivity index (χ4n) is 2.63. The third kappa shape index (κ3) is 6.40. The number of halogens is 1. The number of carbonyl (C=O) groups excluding carboxylic acids is 1. The van der Waals surface area contributed by atoms with Gasteiger partial charge in [-0.05, 0) is 39.3 Å². The second-order valence-electron chi connectivity index (χ2n) is 5.65. The van der Waals surface area contributed by atoms with Gasteiger partial charge in [-0.2, -0.15) is 0 Å². The smallest absolute Gasteiger partial charge is 0.328 e. The van der Waals surface area contributed by atoms with Gasteiger partial charge in [-0.1, -0.05) is 12.1 Å². The zero-order chi connectivity index (χ0) is 19.8. The van der Waals surface area contributed by atoms with Crippen molar-refractivity contribution in [1.82, 2.24) is 0 Å². The Bertz CT molecular complexity index is 684. The topological polar surface area (TPSA) is 78.9 Å². The molecule has 26 heavy (non-hydrogen) atoms. The first-order valence-electron chi connectivity index (χ1n) is 8.59. The van der Waals surface area contributed by atoms with E-state index in [-0.39, 0.29) is 44.0 Å². The lowest BCUT2D eigenvalue weighted by atomic mass is 10.1. The molecule has 0 aromatic heterocycles. The zero-order valence-corrected chi connectivity index (χ0v) is 17.4. The van der Waals surface area contributed by atoms with Crippen molar-refractivity contribution in [2.24, 2.45) is 0 Å². The van der Waals surface area contributed by atoms with Crippen molar-refractivity contribution in [2.75, 3.05) is 26.5 Å². The zero-order valence-electron chi connectivity index (χ0n) is 15.6. The lowest BCUT2D eigenvalue weighted by Gasteiger charge is -2.30. The molecule has 148 valence electrons. The monoisotopic (exact) mass is 408 g/mol. The first-order valence-corrected chi connectivity index (χ1v) is 12.3. The van der Waals surface area contributed by atoms with E-state index in [1.165, 1.54) is 24.9 Å². The van der Waals surface area contributed by atoms with Crippen molar-refractivity contribution in [3.05, 3.63) is 35.6 Å². The van der Waals surface area contributed by atoms with Crippen LogP contribution in [0.4, 0.5) is 4.39 Å². The van der Waals surface area contributed by atoms with Crippen molar-refractivity contribution >= 4 is 20.7 Å². The molecule has 0 saturated carbocycles. The number of benzene rings is 1. The Morgan fingerprint density at radius 1 is 1.08 bits per heavy atom. The van der Waals surface area contributed by atoms with Crippen LogP contribution in [0.25, 0.3) is 0 Å². The highest BCUT2D eigenvalue weighted by Crippen LogP contribution is 2.69. The van der Waals surface area contributed by atoms with Crippen LogP contribution < -0.4 is 0 Å². The Kier molecular flexibility index (Phi) is 9.35. The maximum Gasteiger partial charge on any atom is 0.343 e. The van der Waals surface area contributed by atoms with E-state index in [0.717, 1.165) is 6.07 Å². The fraction of sp³-hybridized carbons (Fsp3) is 0.588. The van der Waals surface area contributed by atoms with Crippen LogP contribution in [0, 0.1) is 5.82 Å². The normalized spacial score (nSPS) is 15.4. The van der Waals surface area contributed by atoms with E-state index in [9.17, 15) is 18.3 Å². The van der Waals surface area contributed by atoms with E-state index in [4.69, 9.17) is 13.6 Å². The van der Waals surface area contributed by atoms with Crippen LogP contribution in [0.15, 0.2) is 24.3 Å². The van der Waals surface area contributed by atoms with Gasteiger partial charge in [-0.15, -0.1) is 0 Å². The highest BCUT2D eigenvalue weighted by molar-refractivity contribution is 7.74. The minimum atomic E-state index is -3.75. The van der Waals surface area contributed by atoms with E-state index in [1.54, 1.807) is 20.8 Å².